The molecule has 0 bridgehead atoms. The van der Waals surface area contributed by atoms with E-state index in [-0.39, 0.29) is 18.0 Å². The van der Waals surface area contributed by atoms with Crippen LogP contribution in [0.5, 0.6) is 0 Å². The van der Waals surface area contributed by atoms with Crippen LogP contribution in [-0.2, 0) is 12.4 Å². The first-order valence-electron chi connectivity index (χ1n) is 7.87. The van der Waals surface area contributed by atoms with E-state index in [1.54, 1.807) is 0 Å². The molecule has 1 atom stereocenters. The van der Waals surface area contributed by atoms with E-state index in [2.05, 4.69) is 5.32 Å². The molecule has 1 aliphatic heterocycles. The molecule has 0 aromatic heterocycles. The first-order valence-corrected chi connectivity index (χ1v) is 7.87. The van der Waals surface area contributed by atoms with Crippen LogP contribution in [0, 0.1) is 0 Å². The predicted molar refractivity (Wildman–Crippen MR) is 85.8 cm³/mol. The zero-order chi connectivity index (χ0) is 18.0. The molecular formula is C16H21ClF6N2. The Bertz CT molecular complexity index is 553. The fraction of sp³-hybridized carbons (Fsp3) is 0.625. The summed E-state index contributed by atoms with van der Waals surface area (Å²) in [4.78, 5) is 1.84. The Hall–Kier alpha value is -0.990. The van der Waals surface area contributed by atoms with Crippen molar-refractivity contribution in [2.24, 2.45) is 0 Å². The van der Waals surface area contributed by atoms with Crippen LogP contribution < -0.4 is 5.32 Å². The molecule has 0 saturated carbocycles. The average Bonchev–Trinajstić information content (AvgIpc) is 2.51. The largest absolute Gasteiger partial charge is 0.416 e. The summed E-state index contributed by atoms with van der Waals surface area (Å²) in [6.07, 6.45) is -8.38. The van der Waals surface area contributed by atoms with Gasteiger partial charge in [0.05, 0.1) is 11.1 Å². The molecule has 0 aliphatic carbocycles. The van der Waals surface area contributed by atoms with Gasteiger partial charge in [0, 0.05) is 32.2 Å². The number of benzene rings is 1. The zero-order valence-corrected chi connectivity index (χ0v) is 14.5. The molecule has 1 N–H and O–H groups in total. The molecular weight excluding hydrogens is 370 g/mol. The van der Waals surface area contributed by atoms with Crippen molar-refractivity contribution < 1.29 is 26.3 Å². The molecule has 1 aromatic rings. The molecule has 2 rings (SSSR count). The van der Waals surface area contributed by atoms with Gasteiger partial charge in [-0.05, 0) is 30.2 Å². The Kier molecular flexibility index (Phi) is 7.58. The van der Waals surface area contributed by atoms with Gasteiger partial charge < -0.3 is 5.32 Å². The first kappa shape index (κ1) is 22.1. The van der Waals surface area contributed by atoms with Crippen LogP contribution in [0.1, 0.15) is 42.5 Å². The Balaban J connectivity index is 0.00000312. The average molecular weight is 391 g/mol. The van der Waals surface area contributed by atoms with Crippen LogP contribution in [0.4, 0.5) is 26.3 Å². The molecule has 0 amide bonds. The van der Waals surface area contributed by atoms with Crippen molar-refractivity contribution in [3.63, 3.8) is 0 Å². The van der Waals surface area contributed by atoms with Crippen molar-refractivity contribution >= 4 is 12.4 Å². The lowest BCUT2D eigenvalue weighted by molar-refractivity contribution is -0.142. The Morgan fingerprint density at radius 1 is 1.04 bits per heavy atom. The van der Waals surface area contributed by atoms with Crippen molar-refractivity contribution in [3.05, 3.63) is 34.9 Å². The van der Waals surface area contributed by atoms with Crippen molar-refractivity contribution in [2.45, 2.75) is 38.2 Å². The third-order valence-corrected chi connectivity index (χ3v) is 4.20. The molecule has 1 aliphatic rings. The standard InChI is InChI=1S/C16H20F6N2.ClH/c1-2-3-14(24-8-6-23-7-9-24)12-10-11(15(17,18)19)4-5-13(12)16(20,21)22;/h4-5,10,14,23H,2-3,6-9H2,1H3;1H/t14-;/m1./s1. The van der Waals surface area contributed by atoms with Gasteiger partial charge in [0.25, 0.3) is 0 Å². The quantitative estimate of drug-likeness (QED) is 0.736. The van der Waals surface area contributed by atoms with E-state index >= 15 is 0 Å². The van der Waals surface area contributed by atoms with Crippen molar-refractivity contribution in [1.82, 2.24) is 10.2 Å². The molecule has 144 valence electrons. The van der Waals surface area contributed by atoms with Crippen LogP contribution in [0.25, 0.3) is 0 Å². The number of halogens is 7. The Morgan fingerprint density at radius 3 is 2.12 bits per heavy atom. The topological polar surface area (TPSA) is 15.3 Å². The second-order valence-corrected chi connectivity index (χ2v) is 5.89. The zero-order valence-electron chi connectivity index (χ0n) is 13.7. The fourth-order valence-electron chi connectivity index (χ4n) is 3.07. The van der Waals surface area contributed by atoms with Gasteiger partial charge in [0.15, 0.2) is 0 Å². The highest BCUT2D eigenvalue weighted by molar-refractivity contribution is 5.85. The second kappa shape index (κ2) is 8.60. The predicted octanol–water partition coefficient (Wildman–Crippen LogP) is 4.89. The molecule has 25 heavy (non-hydrogen) atoms. The van der Waals surface area contributed by atoms with Crippen LogP contribution in [0.2, 0.25) is 0 Å². The number of hydrogen-bond acceptors (Lipinski definition) is 2. The highest BCUT2D eigenvalue weighted by atomic mass is 35.5. The summed E-state index contributed by atoms with van der Waals surface area (Å²) in [5, 5.41) is 3.10. The summed E-state index contributed by atoms with van der Waals surface area (Å²) < 4.78 is 78.9. The number of piperazine rings is 1. The van der Waals surface area contributed by atoms with Gasteiger partial charge >= 0.3 is 12.4 Å². The molecule has 0 unspecified atom stereocenters. The van der Waals surface area contributed by atoms with Crippen molar-refractivity contribution in [2.75, 3.05) is 26.2 Å². The number of alkyl halides is 6. The first-order chi connectivity index (χ1) is 11.1. The normalized spacial score (nSPS) is 17.9. The fourth-order valence-corrected chi connectivity index (χ4v) is 3.07. The molecule has 0 spiro atoms. The summed E-state index contributed by atoms with van der Waals surface area (Å²) in [6, 6.07) is 1.07. The number of nitrogens with zero attached hydrogens (tertiary/aromatic N) is 1. The third-order valence-electron chi connectivity index (χ3n) is 4.20. The minimum absolute atomic E-state index is 0. The molecule has 1 saturated heterocycles. The maximum atomic E-state index is 13.3. The van der Waals surface area contributed by atoms with Gasteiger partial charge in [0.1, 0.15) is 0 Å². The molecule has 1 fully saturated rings. The van der Waals surface area contributed by atoms with Gasteiger partial charge in [-0.25, -0.2) is 0 Å². The monoisotopic (exact) mass is 390 g/mol. The molecule has 1 heterocycles. The van der Waals surface area contributed by atoms with E-state index in [9.17, 15) is 26.3 Å². The van der Waals surface area contributed by atoms with Gasteiger partial charge in [0.2, 0.25) is 0 Å². The lowest BCUT2D eigenvalue weighted by Gasteiger charge is -2.36. The summed E-state index contributed by atoms with van der Waals surface area (Å²) in [7, 11) is 0. The molecule has 9 heteroatoms. The molecule has 1 aromatic carbocycles. The van der Waals surface area contributed by atoms with Gasteiger partial charge in [-0.15, -0.1) is 12.4 Å². The van der Waals surface area contributed by atoms with E-state index in [4.69, 9.17) is 0 Å². The second-order valence-electron chi connectivity index (χ2n) is 5.89. The number of hydrogen-bond donors (Lipinski definition) is 1. The Morgan fingerprint density at radius 2 is 1.64 bits per heavy atom. The van der Waals surface area contributed by atoms with Crippen molar-refractivity contribution in [1.29, 1.82) is 0 Å². The minimum atomic E-state index is -4.68. The minimum Gasteiger partial charge on any atom is -0.314 e. The van der Waals surface area contributed by atoms with Gasteiger partial charge in [-0.2, -0.15) is 26.3 Å². The van der Waals surface area contributed by atoms with Crippen LogP contribution in [0.15, 0.2) is 18.2 Å². The maximum Gasteiger partial charge on any atom is 0.416 e. The highest BCUT2D eigenvalue weighted by Gasteiger charge is 2.39. The highest BCUT2D eigenvalue weighted by Crippen LogP contribution is 2.41. The smallest absolute Gasteiger partial charge is 0.314 e. The summed E-state index contributed by atoms with van der Waals surface area (Å²) in [5.41, 5.74) is -2.30. The van der Waals surface area contributed by atoms with E-state index in [0.29, 0.717) is 57.2 Å². The van der Waals surface area contributed by atoms with E-state index < -0.39 is 29.5 Å². The third kappa shape index (κ3) is 5.49. The number of rotatable bonds is 4. The van der Waals surface area contributed by atoms with Crippen molar-refractivity contribution in [3.8, 4) is 0 Å². The SMILES string of the molecule is CCC[C@H](c1cc(C(F)(F)F)ccc1C(F)(F)F)N1CCNCC1.Cl. The van der Waals surface area contributed by atoms with Crippen LogP contribution in [0.3, 0.4) is 0 Å². The lowest BCUT2D eigenvalue weighted by Crippen LogP contribution is -2.45. The van der Waals surface area contributed by atoms with Gasteiger partial charge in [-0.1, -0.05) is 13.3 Å². The summed E-state index contributed by atoms with van der Waals surface area (Å²) in [6.45, 7) is 4.06. The summed E-state index contributed by atoms with van der Waals surface area (Å²) >= 11 is 0. The number of nitrogens with one attached hydrogen (secondary N) is 1. The maximum absolute atomic E-state index is 13.3. The van der Waals surface area contributed by atoms with Crippen LogP contribution >= 0.6 is 12.4 Å². The lowest BCUT2D eigenvalue weighted by atomic mass is 9.92. The Labute approximate surface area is 149 Å². The van der Waals surface area contributed by atoms with Gasteiger partial charge in [-0.3, -0.25) is 4.90 Å². The molecule has 0 radical (unpaired) electrons. The van der Waals surface area contributed by atoms with E-state index in [1.807, 2.05) is 11.8 Å². The van der Waals surface area contributed by atoms with E-state index in [0.717, 1.165) is 0 Å². The van der Waals surface area contributed by atoms with Crippen LogP contribution in [-0.4, -0.2) is 31.1 Å². The van der Waals surface area contributed by atoms with E-state index in [1.165, 1.54) is 0 Å². The molecule has 2 nitrogen and oxygen atoms in total. The summed E-state index contributed by atoms with van der Waals surface area (Å²) in [5.74, 6) is 0.